The van der Waals surface area contributed by atoms with Crippen molar-refractivity contribution in [1.29, 1.82) is 5.26 Å². The fourth-order valence-corrected chi connectivity index (χ4v) is 2.32. The van der Waals surface area contributed by atoms with Crippen LogP contribution in [0.3, 0.4) is 0 Å². The van der Waals surface area contributed by atoms with E-state index in [9.17, 15) is 25.0 Å². The number of ether oxygens (including phenoxy) is 2. The first kappa shape index (κ1) is 18.2. The SMILES string of the molecule is COC(=O)c1c(N)c(C#N)cn1-c1cc([N+](=O)[O-])c(OC)c([N+](=O)[O-])c1. The number of nitro benzene ring substituents is 2. The van der Waals surface area contributed by atoms with Crippen LogP contribution in [0.4, 0.5) is 17.1 Å². The predicted octanol–water partition coefficient (Wildman–Crippen LogP) is 1.54. The molecule has 0 aliphatic heterocycles. The summed E-state index contributed by atoms with van der Waals surface area (Å²) in [6.07, 6.45) is 1.12. The van der Waals surface area contributed by atoms with E-state index < -0.39 is 32.9 Å². The van der Waals surface area contributed by atoms with Crippen LogP contribution in [0.15, 0.2) is 18.3 Å². The lowest BCUT2D eigenvalue weighted by Gasteiger charge is -2.10. The van der Waals surface area contributed by atoms with Gasteiger partial charge < -0.3 is 19.8 Å². The third-order valence-corrected chi connectivity index (χ3v) is 3.45. The number of nitro groups is 2. The molecule has 0 fully saturated rings. The second-order valence-electron chi connectivity index (χ2n) is 4.81. The fourth-order valence-electron chi connectivity index (χ4n) is 2.32. The van der Waals surface area contributed by atoms with Crippen molar-refractivity contribution in [3.8, 4) is 17.5 Å². The van der Waals surface area contributed by atoms with Gasteiger partial charge in [0.15, 0.2) is 5.69 Å². The molecule has 0 aliphatic rings. The molecule has 1 aromatic heterocycles. The Bertz CT molecular complexity index is 938. The molecule has 1 heterocycles. The minimum atomic E-state index is -0.926. The topological polar surface area (TPSA) is 177 Å². The lowest BCUT2D eigenvalue weighted by molar-refractivity contribution is -0.395. The number of nitrogen functional groups attached to an aromatic ring is 1. The van der Waals surface area contributed by atoms with Gasteiger partial charge in [-0.1, -0.05) is 0 Å². The lowest BCUT2D eigenvalue weighted by Crippen LogP contribution is -2.11. The molecule has 0 saturated heterocycles. The number of aromatic nitrogens is 1. The maximum atomic E-state index is 12.0. The maximum Gasteiger partial charge on any atom is 0.357 e. The van der Waals surface area contributed by atoms with E-state index in [1.54, 1.807) is 6.07 Å². The number of hydrogen-bond donors (Lipinski definition) is 1. The second kappa shape index (κ2) is 6.77. The van der Waals surface area contributed by atoms with Crippen molar-refractivity contribution in [2.24, 2.45) is 0 Å². The quantitative estimate of drug-likeness (QED) is 0.470. The summed E-state index contributed by atoms with van der Waals surface area (Å²) >= 11 is 0. The van der Waals surface area contributed by atoms with Crippen LogP contribution in [0.25, 0.3) is 5.69 Å². The molecule has 0 atom stereocenters. The second-order valence-corrected chi connectivity index (χ2v) is 4.81. The smallest absolute Gasteiger partial charge is 0.357 e. The van der Waals surface area contributed by atoms with Gasteiger partial charge >= 0.3 is 17.3 Å². The molecule has 0 radical (unpaired) electrons. The molecular formula is C14H11N5O7. The number of esters is 1. The van der Waals surface area contributed by atoms with Crippen molar-refractivity contribution in [2.75, 3.05) is 20.0 Å². The normalized spacial score (nSPS) is 10.0. The summed E-state index contributed by atoms with van der Waals surface area (Å²) in [5.41, 5.74) is 3.59. The van der Waals surface area contributed by atoms with Gasteiger partial charge in [0.05, 0.1) is 41.0 Å². The summed E-state index contributed by atoms with van der Waals surface area (Å²) in [6, 6.07) is 3.67. The predicted molar refractivity (Wildman–Crippen MR) is 86.1 cm³/mol. The average molecular weight is 361 g/mol. The molecule has 2 N–H and O–H groups in total. The van der Waals surface area contributed by atoms with Gasteiger partial charge in [0.25, 0.3) is 5.75 Å². The summed E-state index contributed by atoms with van der Waals surface area (Å²) in [5, 5.41) is 31.6. The molecule has 0 amide bonds. The van der Waals surface area contributed by atoms with Gasteiger partial charge in [-0.25, -0.2) is 4.79 Å². The van der Waals surface area contributed by atoms with Crippen molar-refractivity contribution in [1.82, 2.24) is 4.57 Å². The first-order valence-corrected chi connectivity index (χ1v) is 6.77. The number of benzene rings is 1. The summed E-state index contributed by atoms with van der Waals surface area (Å²) < 4.78 is 10.4. The zero-order valence-corrected chi connectivity index (χ0v) is 13.5. The standard InChI is InChI=1S/C14H11N5O7/c1-25-13-9(18(21)22)3-8(4-10(13)19(23)24)17-6-7(5-15)11(16)12(17)14(20)26-2/h3-4,6H,16H2,1-2H3. The van der Waals surface area contributed by atoms with Crippen molar-refractivity contribution in [3.05, 3.63) is 49.8 Å². The number of nitrogens with zero attached hydrogens (tertiary/aromatic N) is 4. The number of carbonyl (C=O) groups is 1. The maximum absolute atomic E-state index is 12.0. The van der Waals surface area contributed by atoms with Crippen molar-refractivity contribution >= 4 is 23.0 Å². The fraction of sp³-hybridized carbons (Fsp3) is 0.143. The number of rotatable bonds is 5. The Morgan fingerprint density at radius 2 is 1.77 bits per heavy atom. The molecular weight excluding hydrogens is 350 g/mol. The van der Waals surface area contributed by atoms with Gasteiger partial charge in [-0.2, -0.15) is 5.26 Å². The highest BCUT2D eigenvalue weighted by Crippen LogP contribution is 2.39. The van der Waals surface area contributed by atoms with Crippen molar-refractivity contribution in [3.63, 3.8) is 0 Å². The number of methoxy groups -OCH3 is 2. The van der Waals surface area contributed by atoms with Crippen LogP contribution >= 0.6 is 0 Å². The molecule has 0 unspecified atom stereocenters. The number of nitriles is 1. The first-order chi connectivity index (χ1) is 12.3. The Labute approximate surface area is 145 Å². The third-order valence-electron chi connectivity index (χ3n) is 3.45. The zero-order chi connectivity index (χ0) is 19.6. The molecule has 12 heteroatoms. The van der Waals surface area contributed by atoms with E-state index in [1.165, 1.54) is 0 Å². The number of anilines is 1. The number of carbonyl (C=O) groups excluding carboxylic acids is 1. The summed E-state index contributed by atoms with van der Waals surface area (Å²) in [4.78, 5) is 32.8. The van der Waals surface area contributed by atoms with Crippen LogP contribution in [0.1, 0.15) is 16.1 Å². The molecule has 26 heavy (non-hydrogen) atoms. The van der Waals surface area contributed by atoms with Gasteiger partial charge in [0, 0.05) is 18.3 Å². The van der Waals surface area contributed by atoms with Crippen LogP contribution in [0, 0.1) is 31.6 Å². The van der Waals surface area contributed by atoms with Crippen LogP contribution in [-0.4, -0.2) is 34.6 Å². The minimum Gasteiger partial charge on any atom is -0.485 e. The molecule has 2 aromatic rings. The van der Waals surface area contributed by atoms with Gasteiger partial charge in [0.2, 0.25) is 0 Å². The Hall–Kier alpha value is -4.14. The highest BCUT2D eigenvalue weighted by molar-refractivity contribution is 5.96. The Balaban J connectivity index is 2.90. The van der Waals surface area contributed by atoms with E-state index in [1.807, 2.05) is 0 Å². The average Bonchev–Trinajstić information content (AvgIpc) is 2.96. The first-order valence-electron chi connectivity index (χ1n) is 6.77. The highest BCUT2D eigenvalue weighted by atomic mass is 16.6. The van der Waals surface area contributed by atoms with Crippen molar-refractivity contribution in [2.45, 2.75) is 0 Å². The van der Waals surface area contributed by atoms with Gasteiger partial charge in [-0.05, 0) is 0 Å². The van der Waals surface area contributed by atoms with Crippen LogP contribution < -0.4 is 10.5 Å². The summed E-state index contributed by atoms with van der Waals surface area (Å²) in [5.74, 6) is -1.48. The molecule has 0 spiro atoms. The van der Waals surface area contributed by atoms with E-state index in [2.05, 4.69) is 4.74 Å². The largest absolute Gasteiger partial charge is 0.485 e. The molecule has 0 aliphatic carbocycles. The monoisotopic (exact) mass is 361 g/mol. The number of nitrogens with two attached hydrogens (primary N) is 1. The Kier molecular flexibility index (Phi) is 4.74. The zero-order valence-electron chi connectivity index (χ0n) is 13.5. The van der Waals surface area contributed by atoms with E-state index in [0.717, 1.165) is 37.1 Å². The van der Waals surface area contributed by atoms with E-state index >= 15 is 0 Å². The lowest BCUT2D eigenvalue weighted by atomic mass is 10.2. The molecule has 12 nitrogen and oxygen atoms in total. The highest BCUT2D eigenvalue weighted by Gasteiger charge is 2.30. The summed E-state index contributed by atoms with van der Waals surface area (Å²) in [7, 11) is 2.13. The van der Waals surface area contributed by atoms with Crippen molar-refractivity contribution < 1.29 is 24.1 Å². The minimum absolute atomic E-state index is 0.105. The molecule has 1 aromatic carbocycles. The molecule has 2 rings (SSSR count). The molecule has 0 saturated carbocycles. The molecule has 0 bridgehead atoms. The van der Waals surface area contributed by atoms with Crippen LogP contribution in [0.5, 0.6) is 5.75 Å². The van der Waals surface area contributed by atoms with E-state index in [0.29, 0.717) is 0 Å². The summed E-state index contributed by atoms with van der Waals surface area (Å²) in [6.45, 7) is 0. The number of hydrogen-bond acceptors (Lipinski definition) is 9. The van der Waals surface area contributed by atoms with E-state index in [-0.39, 0.29) is 22.6 Å². The van der Waals surface area contributed by atoms with E-state index in [4.69, 9.17) is 15.7 Å². The van der Waals surface area contributed by atoms with Crippen LogP contribution in [0.2, 0.25) is 0 Å². The Morgan fingerprint density at radius 1 is 1.23 bits per heavy atom. The van der Waals surface area contributed by atoms with Gasteiger partial charge in [0.1, 0.15) is 6.07 Å². The van der Waals surface area contributed by atoms with Crippen LogP contribution in [-0.2, 0) is 4.74 Å². The van der Waals surface area contributed by atoms with Gasteiger partial charge in [-0.15, -0.1) is 0 Å². The van der Waals surface area contributed by atoms with Gasteiger partial charge in [-0.3, -0.25) is 20.2 Å². The Morgan fingerprint density at radius 3 is 2.15 bits per heavy atom. The third kappa shape index (κ3) is 2.84. The molecule has 134 valence electrons.